The Morgan fingerprint density at radius 3 is 2.76 bits per heavy atom. The molecule has 0 saturated heterocycles. The summed E-state index contributed by atoms with van der Waals surface area (Å²) < 4.78 is 1.02. The van der Waals surface area contributed by atoms with Crippen LogP contribution >= 0.6 is 38.9 Å². The van der Waals surface area contributed by atoms with Crippen molar-refractivity contribution in [2.75, 3.05) is 0 Å². The number of allylic oxidation sites excluding steroid dienone is 1. The maximum Gasteiger partial charge on any atom is 0.187 e. The molecule has 0 bridgehead atoms. The predicted molar refractivity (Wildman–Crippen MR) is 76.8 cm³/mol. The number of hydrogen-bond donors (Lipinski definition) is 0. The van der Waals surface area contributed by atoms with Gasteiger partial charge in [0.15, 0.2) is 5.78 Å². The second kappa shape index (κ2) is 5.63. The third-order valence-corrected chi connectivity index (χ3v) is 4.11. The van der Waals surface area contributed by atoms with E-state index in [1.165, 1.54) is 0 Å². The Morgan fingerprint density at radius 2 is 2.12 bits per heavy atom. The normalized spacial score (nSPS) is 10.9. The first-order valence-corrected chi connectivity index (χ1v) is 6.93. The van der Waals surface area contributed by atoms with Crippen molar-refractivity contribution in [2.24, 2.45) is 0 Å². The van der Waals surface area contributed by atoms with Crippen LogP contribution < -0.4 is 0 Å². The Kier molecular flexibility index (Phi) is 4.15. The smallest absolute Gasteiger partial charge is 0.187 e. The largest absolute Gasteiger partial charge is 0.289 e. The molecule has 0 fully saturated rings. The second-order valence-corrected chi connectivity index (χ2v) is 5.61. The molecule has 0 amide bonds. The van der Waals surface area contributed by atoms with Crippen LogP contribution in [0.2, 0.25) is 5.02 Å². The molecule has 1 nitrogen and oxygen atoms in total. The number of benzene rings is 1. The van der Waals surface area contributed by atoms with Crippen molar-refractivity contribution in [3.05, 3.63) is 61.7 Å². The van der Waals surface area contributed by atoms with E-state index in [1.807, 2.05) is 11.4 Å². The third kappa shape index (κ3) is 3.28. The molecule has 2 rings (SSSR count). The van der Waals surface area contributed by atoms with E-state index in [9.17, 15) is 4.79 Å². The number of ketones is 1. The minimum atomic E-state index is -0.0832. The molecule has 0 saturated carbocycles. The zero-order valence-electron chi connectivity index (χ0n) is 8.69. The number of carbonyl (C=O) groups excluding carboxylic acids is 1. The van der Waals surface area contributed by atoms with Gasteiger partial charge < -0.3 is 0 Å². The van der Waals surface area contributed by atoms with Gasteiger partial charge in [-0.3, -0.25) is 4.79 Å². The number of halogens is 2. The average molecular weight is 328 g/mol. The summed E-state index contributed by atoms with van der Waals surface area (Å²) >= 11 is 10.9. The van der Waals surface area contributed by atoms with E-state index in [0.29, 0.717) is 10.6 Å². The molecule has 0 aliphatic carbocycles. The van der Waals surface area contributed by atoms with Crippen LogP contribution in [-0.4, -0.2) is 5.78 Å². The van der Waals surface area contributed by atoms with Crippen LogP contribution in [0.15, 0.2) is 46.3 Å². The molecule has 1 heterocycles. The van der Waals surface area contributed by atoms with E-state index in [4.69, 9.17) is 11.6 Å². The molecule has 2 aromatic rings. The highest BCUT2D eigenvalue weighted by molar-refractivity contribution is 9.10. The molecule has 4 heteroatoms. The summed E-state index contributed by atoms with van der Waals surface area (Å²) in [5.74, 6) is -0.0832. The molecule has 0 N–H and O–H groups in total. The van der Waals surface area contributed by atoms with E-state index < -0.39 is 0 Å². The average Bonchev–Trinajstić information content (AvgIpc) is 2.73. The minimum absolute atomic E-state index is 0.0832. The summed E-state index contributed by atoms with van der Waals surface area (Å²) in [7, 11) is 0. The van der Waals surface area contributed by atoms with Gasteiger partial charge in [-0.1, -0.05) is 23.7 Å². The van der Waals surface area contributed by atoms with Crippen LogP contribution in [0.1, 0.15) is 15.2 Å². The number of rotatable bonds is 3. The molecular formula is C13H8BrClOS. The van der Waals surface area contributed by atoms with Gasteiger partial charge in [-0.05, 0) is 46.3 Å². The van der Waals surface area contributed by atoms with E-state index in [2.05, 4.69) is 15.9 Å². The molecule has 0 aliphatic heterocycles. The molecule has 1 aromatic carbocycles. The molecule has 0 atom stereocenters. The highest BCUT2D eigenvalue weighted by Crippen LogP contribution is 2.21. The summed E-state index contributed by atoms with van der Waals surface area (Å²) in [5, 5.41) is 2.45. The summed E-state index contributed by atoms with van der Waals surface area (Å²) in [4.78, 5) is 12.9. The van der Waals surface area contributed by atoms with Crippen molar-refractivity contribution in [2.45, 2.75) is 0 Å². The standard InChI is InChI=1S/C13H8BrClOS/c14-9-7-10(17-8-9)5-6-13(16)11-3-1-2-4-12(11)15/h1-8H/b6-5+. The molecule has 0 aliphatic rings. The lowest BCUT2D eigenvalue weighted by Gasteiger charge is -1.97. The highest BCUT2D eigenvalue weighted by Gasteiger charge is 2.05. The maximum absolute atomic E-state index is 11.9. The van der Waals surface area contributed by atoms with E-state index in [0.717, 1.165) is 9.35 Å². The molecule has 17 heavy (non-hydrogen) atoms. The van der Waals surface area contributed by atoms with Gasteiger partial charge in [0.1, 0.15) is 0 Å². The zero-order chi connectivity index (χ0) is 12.3. The van der Waals surface area contributed by atoms with Gasteiger partial charge in [-0.15, -0.1) is 11.3 Å². The SMILES string of the molecule is O=C(/C=C/c1cc(Br)cs1)c1ccccc1Cl. The Bertz CT molecular complexity index is 574. The Labute approximate surface area is 117 Å². The lowest BCUT2D eigenvalue weighted by atomic mass is 10.1. The Morgan fingerprint density at radius 1 is 1.35 bits per heavy atom. The quantitative estimate of drug-likeness (QED) is 0.569. The van der Waals surface area contributed by atoms with Gasteiger partial charge in [0.05, 0.1) is 5.02 Å². The van der Waals surface area contributed by atoms with Crippen molar-refractivity contribution < 1.29 is 4.79 Å². The van der Waals surface area contributed by atoms with Crippen molar-refractivity contribution in [1.82, 2.24) is 0 Å². The van der Waals surface area contributed by atoms with Crippen molar-refractivity contribution in [3.8, 4) is 0 Å². The Hall–Kier alpha value is -0.900. The van der Waals surface area contributed by atoms with Crippen LogP contribution in [0.4, 0.5) is 0 Å². The summed E-state index contributed by atoms with van der Waals surface area (Å²) in [6.45, 7) is 0. The predicted octanol–water partition coefficient (Wildman–Crippen LogP) is 5.06. The van der Waals surface area contributed by atoms with Crippen LogP contribution in [-0.2, 0) is 0 Å². The Balaban J connectivity index is 2.17. The summed E-state index contributed by atoms with van der Waals surface area (Å²) in [6, 6.07) is 9.00. The lowest BCUT2D eigenvalue weighted by molar-refractivity contribution is 0.104. The maximum atomic E-state index is 11.9. The van der Waals surface area contributed by atoms with Gasteiger partial charge in [0.2, 0.25) is 0 Å². The van der Waals surface area contributed by atoms with E-state index >= 15 is 0 Å². The molecule has 1 aromatic heterocycles. The third-order valence-electron chi connectivity index (χ3n) is 2.13. The first-order chi connectivity index (χ1) is 8.16. The van der Waals surface area contributed by atoms with Gasteiger partial charge in [0.25, 0.3) is 0 Å². The highest BCUT2D eigenvalue weighted by atomic mass is 79.9. The summed E-state index contributed by atoms with van der Waals surface area (Å²) in [6.07, 6.45) is 3.33. The van der Waals surface area contributed by atoms with Crippen LogP contribution in [0.5, 0.6) is 0 Å². The van der Waals surface area contributed by atoms with Crippen molar-refractivity contribution >= 4 is 50.7 Å². The van der Waals surface area contributed by atoms with Gasteiger partial charge in [-0.2, -0.15) is 0 Å². The first-order valence-electron chi connectivity index (χ1n) is 4.88. The van der Waals surface area contributed by atoms with Crippen molar-refractivity contribution in [1.29, 1.82) is 0 Å². The fraction of sp³-hybridized carbons (Fsp3) is 0. The van der Waals surface area contributed by atoms with E-state index in [-0.39, 0.29) is 5.78 Å². The van der Waals surface area contributed by atoms with Gasteiger partial charge in [0, 0.05) is 20.3 Å². The van der Waals surface area contributed by atoms with E-state index in [1.54, 1.807) is 47.8 Å². The minimum Gasteiger partial charge on any atom is -0.289 e. The molecule has 0 unspecified atom stereocenters. The molecule has 0 spiro atoms. The molecular weight excluding hydrogens is 320 g/mol. The number of hydrogen-bond acceptors (Lipinski definition) is 2. The monoisotopic (exact) mass is 326 g/mol. The first kappa shape index (κ1) is 12.6. The van der Waals surface area contributed by atoms with Gasteiger partial charge in [-0.25, -0.2) is 0 Å². The van der Waals surface area contributed by atoms with Gasteiger partial charge >= 0.3 is 0 Å². The molecule has 0 radical (unpaired) electrons. The topological polar surface area (TPSA) is 17.1 Å². The molecule has 86 valence electrons. The lowest BCUT2D eigenvalue weighted by Crippen LogP contribution is -1.94. The van der Waals surface area contributed by atoms with Crippen LogP contribution in [0, 0.1) is 0 Å². The second-order valence-electron chi connectivity index (χ2n) is 3.34. The van der Waals surface area contributed by atoms with Crippen molar-refractivity contribution in [3.63, 3.8) is 0 Å². The van der Waals surface area contributed by atoms with Crippen LogP contribution in [0.25, 0.3) is 6.08 Å². The fourth-order valence-corrected chi connectivity index (χ4v) is 2.89. The number of carbonyl (C=O) groups is 1. The summed E-state index contributed by atoms with van der Waals surface area (Å²) in [5.41, 5.74) is 0.529. The number of thiophene rings is 1. The zero-order valence-corrected chi connectivity index (χ0v) is 11.8. The fourth-order valence-electron chi connectivity index (χ4n) is 1.32. The van der Waals surface area contributed by atoms with Crippen LogP contribution in [0.3, 0.4) is 0 Å².